The van der Waals surface area contributed by atoms with Crippen molar-refractivity contribution in [2.45, 2.75) is 57.2 Å². The van der Waals surface area contributed by atoms with Gasteiger partial charge in [0.15, 0.2) is 5.96 Å². The maximum atomic E-state index is 12.8. The fraction of sp³-hybridized carbons (Fsp3) is 0.833. The number of carbonyl (C=O) groups is 1. The van der Waals surface area contributed by atoms with Gasteiger partial charge in [-0.2, -0.15) is 0 Å². The van der Waals surface area contributed by atoms with Gasteiger partial charge in [0.05, 0.1) is 0 Å². The maximum absolute atomic E-state index is 12.8. The van der Waals surface area contributed by atoms with Crippen molar-refractivity contribution in [1.29, 1.82) is 5.41 Å². The number of Topliss-reactive ketones (excluding diaryl/α,β-unsaturated/α-hetero) is 1. The summed E-state index contributed by atoms with van der Waals surface area (Å²) in [6, 6.07) is 0. The minimum Gasteiger partial charge on any atom is -0.370 e. The lowest BCUT2D eigenvalue weighted by Gasteiger charge is -2.39. The molecule has 0 rings (SSSR count). The quantitative estimate of drug-likeness (QED) is 0.232. The Morgan fingerprint density at radius 1 is 1.35 bits per heavy atom. The van der Waals surface area contributed by atoms with Crippen molar-refractivity contribution in [3.8, 4) is 0 Å². The van der Waals surface area contributed by atoms with Crippen LogP contribution < -0.4 is 16.8 Å². The van der Waals surface area contributed by atoms with Gasteiger partial charge in [-0.25, -0.2) is 0 Å². The van der Waals surface area contributed by atoms with Gasteiger partial charge in [0, 0.05) is 10.9 Å². The maximum Gasteiger partial charge on any atom is 0.185 e. The summed E-state index contributed by atoms with van der Waals surface area (Å²) in [6.07, 6.45) is 2.29. The molecule has 0 bridgehead atoms. The number of guanidine groups is 1. The minimum absolute atomic E-state index is 0.00859. The first kappa shape index (κ1) is 19.1. The largest absolute Gasteiger partial charge is 0.370 e. The third kappa shape index (κ3) is 4.58. The first-order chi connectivity index (χ1) is 9.01. The van der Waals surface area contributed by atoms with Crippen molar-refractivity contribution < 1.29 is 4.79 Å². The van der Waals surface area contributed by atoms with Crippen LogP contribution in [0.1, 0.15) is 40.0 Å². The SMILES string of the molecule is BC(C[C@@H](B)[C@@](B)(N)C(=O)C(C)(CC)CC)NC(=N)N. The van der Waals surface area contributed by atoms with Crippen LogP contribution in [0.3, 0.4) is 0 Å². The fourth-order valence-corrected chi connectivity index (χ4v) is 2.54. The van der Waals surface area contributed by atoms with Gasteiger partial charge in [0.2, 0.25) is 0 Å². The van der Waals surface area contributed by atoms with Crippen molar-refractivity contribution in [3.63, 3.8) is 0 Å². The summed E-state index contributed by atoms with van der Waals surface area (Å²) < 4.78 is 0. The molecule has 0 saturated heterocycles. The molecule has 20 heavy (non-hydrogen) atoms. The molecule has 0 spiro atoms. The number of nitrogens with two attached hydrogens (primary N) is 2. The number of nitrogens with one attached hydrogen (secondary N) is 2. The van der Waals surface area contributed by atoms with Gasteiger partial charge in [-0.15, -0.1) is 0 Å². The van der Waals surface area contributed by atoms with Crippen molar-refractivity contribution in [1.82, 2.24) is 5.32 Å². The van der Waals surface area contributed by atoms with Crippen LogP contribution in [-0.2, 0) is 4.79 Å². The molecule has 8 heteroatoms. The second-order valence-corrected chi connectivity index (χ2v) is 6.48. The molecule has 0 aromatic rings. The van der Waals surface area contributed by atoms with Crippen molar-refractivity contribution in [2.75, 3.05) is 0 Å². The standard InChI is InChI=1S/C12H29B3N4O/c1-4-11(3,5-2)9(20)12(15,18)7(13)6-8(14)19-10(16)17/h7-8H,4-6,13-15,18H2,1-3H3,(H4,16,17,19)/t7-,8?,12-/m1/s1. The molecule has 0 saturated carbocycles. The molecule has 6 N–H and O–H groups in total. The van der Waals surface area contributed by atoms with E-state index in [9.17, 15) is 4.79 Å². The van der Waals surface area contributed by atoms with Crippen LogP contribution in [0.5, 0.6) is 0 Å². The van der Waals surface area contributed by atoms with Gasteiger partial charge in [0.1, 0.15) is 29.3 Å². The van der Waals surface area contributed by atoms with E-state index >= 15 is 0 Å². The van der Waals surface area contributed by atoms with Crippen LogP contribution in [0.2, 0.25) is 5.82 Å². The zero-order valence-corrected chi connectivity index (χ0v) is 13.8. The molecular weight excluding hydrogens is 249 g/mol. The van der Waals surface area contributed by atoms with Crippen molar-refractivity contribution in [3.05, 3.63) is 0 Å². The summed E-state index contributed by atoms with van der Waals surface area (Å²) in [6.45, 7) is 6.05. The Balaban J connectivity index is 4.94. The van der Waals surface area contributed by atoms with Gasteiger partial charge in [0.25, 0.3) is 0 Å². The van der Waals surface area contributed by atoms with E-state index in [1.165, 1.54) is 0 Å². The summed E-state index contributed by atoms with van der Waals surface area (Å²) in [4.78, 5) is 12.8. The summed E-state index contributed by atoms with van der Waals surface area (Å²) >= 11 is 0. The number of hydrogen-bond donors (Lipinski definition) is 4. The first-order valence-corrected chi connectivity index (χ1v) is 7.45. The fourth-order valence-electron chi connectivity index (χ4n) is 2.54. The number of hydrogen-bond acceptors (Lipinski definition) is 3. The Labute approximate surface area is 125 Å². The van der Waals surface area contributed by atoms with Crippen LogP contribution in [-0.4, -0.2) is 46.7 Å². The normalized spacial score (nSPS) is 17.8. The number of carbonyl (C=O) groups excluding carboxylic acids is 1. The van der Waals surface area contributed by atoms with Crippen LogP contribution >= 0.6 is 0 Å². The Hall–Kier alpha value is -0.905. The second kappa shape index (κ2) is 7.20. The molecule has 0 fully saturated rings. The molecule has 0 aliphatic carbocycles. The summed E-state index contributed by atoms with van der Waals surface area (Å²) in [5.74, 6) is 0.0983. The van der Waals surface area contributed by atoms with Gasteiger partial charge in [-0.3, -0.25) is 10.2 Å². The zero-order valence-electron chi connectivity index (χ0n) is 13.8. The summed E-state index contributed by atoms with van der Waals surface area (Å²) in [7, 11) is 5.75. The van der Waals surface area contributed by atoms with E-state index < -0.39 is 5.44 Å². The van der Waals surface area contributed by atoms with Crippen LogP contribution in [0, 0.1) is 10.8 Å². The summed E-state index contributed by atoms with van der Waals surface area (Å²) in [5.41, 5.74) is 10.4. The first-order valence-electron chi connectivity index (χ1n) is 7.45. The van der Waals surface area contributed by atoms with E-state index in [1.54, 1.807) is 0 Å². The Kier molecular flexibility index (Phi) is 6.88. The van der Waals surface area contributed by atoms with E-state index in [0.29, 0.717) is 6.42 Å². The lowest BCUT2D eigenvalue weighted by molar-refractivity contribution is -0.131. The third-order valence-electron chi connectivity index (χ3n) is 4.73. The van der Waals surface area contributed by atoms with Gasteiger partial charge >= 0.3 is 0 Å². The predicted molar refractivity (Wildman–Crippen MR) is 93.5 cm³/mol. The van der Waals surface area contributed by atoms with Crippen LogP contribution in [0.15, 0.2) is 0 Å². The molecule has 0 aromatic heterocycles. The van der Waals surface area contributed by atoms with E-state index in [0.717, 1.165) is 12.8 Å². The molecule has 0 heterocycles. The average molecular weight is 278 g/mol. The monoisotopic (exact) mass is 278 g/mol. The highest BCUT2D eigenvalue weighted by Gasteiger charge is 2.43. The highest BCUT2D eigenvalue weighted by molar-refractivity contribution is 6.35. The van der Waals surface area contributed by atoms with E-state index in [4.69, 9.17) is 16.9 Å². The third-order valence-corrected chi connectivity index (χ3v) is 4.73. The number of ketones is 1. The molecule has 0 aliphatic rings. The molecule has 0 amide bonds. The van der Waals surface area contributed by atoms with E-state index in [1.807, 2.05) is 44.3 Å². The zero-order chi connectivity index (χ0) is 16.1. The average Bonchev–Trinajstić information content (AvgIpc) is 2.35. The van der Waals surface area contributed by atoms with Gasteiger partial charge < -0.3 is 16.8 Å². The van der Waals surface area contributed by atoms with E-state index in [2.05, 4.69) is 5.32 Å². The Morgan fingerprint density at radius 3 is 2.15 bits per heavy atom. The lowest BCUT2D eigenvalue weighted by Crippen LogP contribution is -2.58. The molecule has 0 radical (unpaired) electrons. The van der Waals surface area contributed by atoms with Crippen LogP contribution in [0.25, 0.3) is 0 Å². The van der Waals surface area contributed by atoms with Crippen molar-refractivity contribution >= 4 is 35.3 Å². The van der Waals surface area contributed by atoms with Gasteiger partial charge in [-0.05, 0) is 25.2 Å². The predicted octanol–water partition coefficient (Wildman–Crippen LogP) is -2.08. The summed E-state index contributed by atoms with van der Waals surface area (Å²) in [5, 5.41) is 10.1. The minimum atomic E-state index is -0.868. The van der Waals surface area contributed by atoms with Crippen molar-refractivity contribution in [2.24, 2.45) is 16.9 Å². The van der Waals surface area contributed by atoms with Gasteiger partial charge in [-0.1, -0.05) is 26.6 Å². The molecule has 1 unspecified atom stereocenters. The Morgan fingerprint density at radius 2 is 1.80 bits per heavy atom. The topological polar surface area (TPSA) is 105 Å². The molecule has 3 atom stereocenters. The molecule has 0 aromatic carbocycles. The highest BCUT2D eigenvalue weighted by atomic mass is 16.1. The van der Waals surface area contributed by atoms with E-state index in [-0.39, 0.29) is 28.9 Å². The molecule has 5 nitrogen and oxygen atoms in total. The van der Waals surface area contributed by atoms with Crippen LogP contribution in [0.4, 0.5) is 0 Å². The highest BCUT2D eigenvalue weighted by Crippen LogP contribution is 2.34. The smallest absolute Gasteiger partial charge is 0.185 e. The number of rotatable bonds is 8. The molecule has 112 valence electrons. The Bertz CT molecular complexity index is 359. The lowest BCUT2D eigenvalue weighted by atomic mass is 9.52. The molecule has 0 aliphatic heterocycles. The molecular formula is C12H29B3N4O. The second-order valence-electron chi connectivity index (χ2n) is 6.48.